The fourth-order valence-electron chi connectivity index (χ4n) is 3.47. The van der Waals surface area contributed by atoms with E-state index in [2.05, 4.69) is 17.6 Å². The Bertz CT molecular complexity index is 667. The van der Waals surface area contributed by atoms with Gasteiger partial charge in [0.05, 0.1) is 22.7 Å². The van der Waals surface area contributed by atoms with Gasteiger partial charge in [0.2, 0.25) is 5.91 Å². The lowest BCUT2D eigenvalue weighted by atomic mass is 10.0. The maximum Gasteiger partial charge on any atom is 0.255 e. The minimum atomic E-state index is -0.495. The molecule has 0 aliphatic carbocycles. The van der Waals surface area contributed by atoms with Crippen LogP contribution in [0.5, 0.6) is 0 Å². The minimum absolute atomic E-state index is 0.0596. The molecule has 3 N–H and O–H groups in total. The van der Waals surface area contributed by atoms with Crippen molar-refractivity contribution in [2.45, 2.75) is 50.8 Å². The molecular weight excluding hydrogens is 342 g/mol. The normalized spacial score (nSPS) is 26.5. The number of hydrogen-bond acceptors (Lipinski definition) is 4. The van der Waals surface area contributed by atoms with Crippen LogP contribution in [0.25, 0.3) is 0 Å². The number of halogens is 1. The SMILES string of the molecule is CC1CCCCN1C(=O)c1ccc(NC(=O)C2CC(O)CN2)cc1Cl. The summed E-state index contributed by atoms with van der Waals surface area (Å²) in [6.45, 7) is 3.23. The Hall–Kier alpha value is -1.63. The van der Waals surface area contributed by atoms with E-state index in [4.69, 9.17) is 11.6 Å². The lowest BCUT2D eigenvalue weighted by Crippen LogP contribution is -2.42. The van der Waals surface area contributed by atoms with Crippen LogP contribution in [0.2, 0.25) is 5.02 Å². The highest BCUT2D eigenvalue weighted by molar-refractivity contribution is 6.34. The highest BCUT2D eigenvalue weighted by atomic mass is 35.5. The van der Waals surface area contributed by atoms with Crippen LogP contribution in [0.1, 0.15) is 43.0 Å². The van der Waals surface area contributed by atoms with E-state index in [0.29, 0.717) is 29.2 Å². The molecular formula is C18H24ClN3O3. The van der Waals surface area contributed by atoms with Gasteiger partial charge >= 0.3 is 0 Å². The van der Waals surface area contributed by atoms with Crippen LogP contribution in [0.15, 0.2) is 18.2 Å². The molecule has 136 valence electrons. The third kappa shape index (κ3) is 4.14. The first kappa shape index (κ1) is 18.2. The number of benzene rings is 1. The molecule has 2 heterocycles. The van der Waals surface area contributed by atoms with Crippen molar-refractivity contribution in [2.75, 3.05) is 18.4 Å². The number of rotatable bonds is 3. The number of aliphatic hydroxyl groups excluding tert-OH is 1. The molecule has 6 nitrogen and oxygen atoms in total. The summed E-state index contributed by atoms with van der Waals surface area (Å²) in [5, 5.41) is 15.6. The zero-order chi connectivity index (χ0) is 18.0. The largest absolute Gasteiger partial charge is 0.392 e. The van der Waals surface area contributed by atoms with Gasteiger partial charge in [-0.1, -0.05) is 11.6 Å². The average Bonchev–Trinajstić information content (AvgIpc) is 3.01. The molecule has 2 saturated heterocycles. The number of likely N-dealkylation sites (tertiary alicyclic amines) is 1. The molecule has 2 aliphatic heterocycles. The van der Waals surface area contributed by atoms with Crippen molar-refractivity contribution in [3.63, 3.8) is 0 Å². The molecule has 2 amide bonds. The van der Waals surface area contributed by atoms with Gasteiger partial charge in [-0.3, -0.25) is 9.59 Å². The molecule has 2 fully saturated rings. The van der Waals surface area contributed by atoms with Crippen LogP contribution >= 0.6 is 11.6 Å². The molecule has 25 heavy (non-hydrogen) atoms. The number of carbonyl (C=O) groups excluding carboxylic acids is 2. The number of piperidine rings is 1. The molecule has 0 saturated carbocycles. The first-order valence-electron chi connectivity index (χ1n) is 8.78. The van der Waals surface area contributed by atoms with Crippen molar-refractivity contribution in [2.24, 2.45) is 0 Å². The molecule has 1 aromatic rings. The van der Waals surface area contributed by atoms with E-state index in [1.165, 1.54) is 0 Å². The summed E-state index contributed by atoms with van der Waals surface area (Å²) in [5.74, 6) is -0.271. The van der Waals surface area contributed by atoms with Crippen LogP contribution < -0.4 is 10.6 Å². The molecule has 3 rings (SSSR count). The number of β-amino-alcohol motifs (C(OH)–C–C–N with tert-alkyl or cyclic N) is 1. The van der Waals surface area contributed by atoms with Gasteiger partial charge in [0, 0.05) is 24.8 Å². The van der Waals surface area contributed by atoms with Gasteiger partial charge in [-0.2, -0.15) is 0 Å². The Kier molecular flexibility index (Phi) is 5.61. The lowest BCUT2D eigenvalue weighted by molar-refractivity contribution is -0.117. The van der Waals surface area contributed by atoms with Crippen LogP contribution in [0.4, 0.5) is 5.69 Å². The highest BCUT2D eigenvalue weighted by Crippen LogP contribution is 2.26. The third-order valence-electron chi connectivity index (χ3n) is 4.96. The van der Waals surface area contributed by atoms with Crippen molar-refractivity contribution in [3.05, 3.63) is 28.8 Å². The van der Waals surface area contributed by atoms with Gasteiger partial charge in [-0.05, 0) is 50.8 Å². The molecule has 3 atom stereocenters. The van der Waals surface area contributed by atoms with Crippen LogP contribution in [-0.2, 0) is 4.79 Å². The van der Waals surface area contributed by atoms with Crippen LogP contribution in [0.3, 0.4) is 0 Å². The Morgan fingerprint density at radius 3 is 2.80 bits per heavy atom. The third-order valence-corrected chi connectivity index (χ3v) is 5.27. The van der Waals surface area contributed by atoms with Crippen molar-refractivity contribution in [3.8, 4) is 0 Å². The van der Waals surface area contributed by atoms with Gasteiger partial charge in [-0.15, -0.1) is 0 Å². The summed E-state index contributed by atoms with van der Waals surface area (Å²) >= 11 is 6.30. The monoisotopic (exact) mass is 365 g/mol. The number of aliphatic hydroxyl groups is 1. The van der Waals surface area contributed by atoms with E-state index in [0.717, 1.165) is 25.8 Å². The van der Waals surface area contributed by atoms with E-state index in [9.17, 15) is 14.7 Å². The Balaban J connectivity index is 1.68. The minimum Gasteiger partial charge on any atom is -0.392 e. The fraction of sp³-hybridized carbons (Fsp3) is 0.556. The van der Waals surface area contributed by atoms with Gasteiger partial charge in [0.1, 0.15) is 0 Å². The van der Waals surface area contributed by atoms with Crippen molar-refractivity contribution < 1.29 is 14.7 Å². The summed E-state index contributed by atoms with van der Waals surface area (Å²) < 4.78 is 0. The number of anilines is 1. The maximum atomic E-state index is 12.7. The van der Waals surface area contributed by atoms with Gasteiger partial charge < -0.3 is 20.6 Å². The second-order valence-electron chi connectivity index (χ2n) is 6.88. The van der Waals surface area contributed by atoms with E-state index in [1.807, 2.05) is 4.90 Å². The maximum absolute atomic E-state index is 12.7. The Morgan fingerprint density at radius 2 is 2.16 bits per heavy atom. The standard InChI is InChI=1S/C18H24ClN3O3/c1-11-4-2-3-7-22(11)18(25)14-6-5-12(8-15(14)19)21-17(24)16-9-13(23)10-20-16/h5-6,8,11,13,16,20,23H,2-4,7,9-10H2,1H3,(H,21,24). The summed E-state index contributed by atoms with van der Waals surface area (Å²) in [7, 11) is 0. The first-order chi connectivity index (χ1) is 12.0. The summed E-state index contributed by atoms with van der Waals surface area (Å²) in [6, 6.07) is 4.77. The summed E-state index contributed by atoms with van der Waals surface area (Å²) in [5.41, 5.74) is 1.00. The second kappa shape index (κ2) is 7.72. The molecule has 2 aliphatic rings. The summed E-state index contributed by atoms with van der Waals surface area (Å²) in [4.78, 5) is 26.8. The van der Waals surface area contributed by atoms with Gasteiger partial charge in [-0.25, -0.2) is 0 Å². The second-order valence-corrected chi connectivity index (χ2v) is 7.28. The molecule has 0 bridgehead atoms. The smallest absolute Gasteiger partial charge is 0.255 e. The highest BCUT2D eigenvalue weighted by Gasteiger charge is 2.29. The number of carbonyl (C=O) groups is 2. The molecule has 7 heteroatoms. The van der Waals surface area contributed by atoms with E-state index in [1.54, 1.807) is 18.2 Å². The molecule has 1 aromatic carbocycles. The molecule has 0 aromatic heterocycles. The fourth-order valence-corrected chi connectivity index (χ4v) is 3.73. The number of nitrogens with one attached hydrogen (secondary N) is 2. The quantitative estimate of drug-likeness (QED) is 0.765. The van der Waals surface area contributed by atoms with E-state index < -0.39 is 12.1 Å². The predicted octanol–water partition coefficient (Wildman–Crippen LogP) is 2.02. The predicted molar refractivity (Wildman–Crippen MR) is 96.8 cm³/mol. The van der Waals surface area contributed by atoms with Crippen molar-refractivity contribution in [1.82, 2.24) is 10.2 Å². The van der Waals surface area contributed by atoms with E-state index >= 15 is 0 Å². The molecule has 0 radical (unpaired) electrons. The topological polar surface area (TPSA) is 81.7 Å². The number of amides is 2. The zero-order valence-corrected chi connectivity index (χ0v) is 15.1. The van der Waals surface area contributed by atoms with Crippen LogP contribution in [-0.4, -0.2) is 53.1 Å². The van der Waals surface area contributed by atoms with Crippen molar-refractivity contribution in [1.29, 1.82) is 0 Å². The Morgan fingerprint density at radius 1 is 1.36 bits per heavy atom. The number of hydrogen-bond donors (Lipinski definition) is 3. The van der Waals surface area contributed by atoms with Gasteiger partial charge in [0.25, 0.3) is 5.91 Å². The number of nitrogens with zero attached hydrogens (tertiary/aromatic N) is 1. The summed E-state index contributed by atoms with van der Waals surface area (Å²) in [6.07, 6.45) is 3.07. The molecule has 3 unspecified atom stereocenters. The van der Waals surface area contributed by atoms with Crippen molar-refractivity contribution >= 4 is 29.1 Å². The average molecular weight is 366 g/mol. The van der Waals surface area contributed by atoms with Crippen LogP contribution in [0, 0.1) is 0 Å². The van der Waals surface area contributed by atoms with Gasteiger partial charge in [0.15, 0.2) is 0 Å². The zero-order valence-electron chi connectivity index (χ0n) is 14.3. The lowest BCUT2D eigenvalue weighted by Gasteiger charge is -2.33. The van der Waals surface area contributed by atoms with E-state index in [-0.39, 0.29) is 17.9 Å². The first-order valence-corrected chi connectivity index (χ1v) is 9.16. The Labute approximate surface area is 152 Å². The molecule has 0 spiro atoms.